The van der Waals surface area contributed by atoms with E-state index in [2.05, 4.69) is 10.6 Å². The molecule has 1 fully saturated rings. The smallest absolute Gasteiger partial charge is 0.341 e. The van der Waals surface area contributed by atoms with Crippen molar-refractivity contribution in [3.8, 4) is 5.75 Å². The van der Waals surface area contributed by atoms with Gasteiger partial charge in [0.05, 0.1) is 35.3 Å². The number of rotatable bonds is 18. The molecule has 4 N–H and O–H groups in total. The summed E-state index contributed by atoms with van der Waals surface area (Å²) in [5, 5.41) is 24.5. The Morgan fingerprint density at radius 1 is 0.966 bits per heavy atom. The number of hydrogen-bond donors (Lipinski definition) is 4. The molecule has 3 aromatic carbocycles. The van der Waals surface area contributed by atoms with E-state index < -0.39 is 77.0 Å². The van der Waals surface area contributed by atoms with Crippen LogP contribution in [0.2, 0.25) is 10.0 Å². The maximum Gasteiger partial charge on any atom is 0.341 e. The molecule has 0 spiro atoms. The Morgan fingerprint density at radius 2 is 1.68 bits per heavy atom. The first-order chi connectivity index (χ1) is 27.7. The van der Waals surface area contributed by atoms with Crippen LogP contribution >= 0.6 is 23.2 Å². The predicted octanol–water partition coefficient (Wildman–Crippen LogP) is 8.91. The van der Waals surface area contributed by atoms with Crippen LogP contribution in [0, 0.1) is 23.0 Å². The summed E-state index contributed by atoms with van der Waals surface area (Å²) in [5.74, 6) is -7.71. The number of carboxylic acids is 2. The molecule has 0 radical (unpaired) electrons. The highest BCUT2D eigenvalue weighted by atomic mass is 35.5. The van der Waals surface area contributed by atoms with Crippen LogP contribution in [-0.2, 0) is 34.1 Å². The van der Waals surface area contributed by atoms with Crippen molar-refractivity contribution in [2.24, 2.45) is 11.3 Å². The monoisotopic (exact) mass is 862 g/mol. The number of benzene rings is 3. The van der Waals surface area contributed by atoms with Gasteiger partial charge in [0.1, 0.15) is 17.4 Å². The fourth-order valence-corrected chi connectivity index (χ4v) is 8.29. The van der Waals surface area contributed by atoms with Crippen molar-refractivity contribution in [1.29, 1.82) is 0 Å². The van der Waals surface area contributed by atoms with Gasteiger partial charge in [-0.25, -0.2) is 13.6 Å². The molecular weight excluding hydrogens is 813 g/mol. The standard InChI is InChI=1S/C43H50Cl2F2N2O10/c1-7-43(28-17-16-26(44)21-30(28)46)33(22-42(3,4)5)49-38(36(43)27-11-9-12-29(45)37(27)47)39(53)48-31-18-14-25(20-32(31)57-6)41(56)59-23(2)58-35(52)13-8-10-24(40(54)55)15-19-34(50)51/h9,11-12,14,16-18,20-21,23-24,33,36,38,49H,7-8,10,13,15,19,22H2,1-6H3,(H,48,53)(H,50,51)(H,54,55)/t23?,24-,33?,36-,38+,43-/m0/s1. The van der Waals surface area contributed by atoms with Crippen molar-refractivity contribution in [2.45, 2.75) is 109 Å². The van der Waals surface area contributed by atoms with Gasteiger partial charge in [0.2, 0.25) is 12.2 Å². The lowest BCUT2D eigenvalue weighted by Gasteiger charge is -2.42. The van der Waals surface area contributed by atoms with Gasteiger partial charge in [-0.3, -0.25) is 19.2 Å². The Kier molecular flexibility index (Phi) is 15.9. The first kappa shape index (κ1) is 46.9. The van der Waals surface area contributed by atoms with Gasteiger partial charge in [-0.2, -0.15) is 0 Å². The second kappa shape index (κ2) is 20.0. The molecule has 1 heterocycles. The highest BCUT2D eigenvalue weighted by Crippen LogP contribution is 2.55. The molecule has 0 saturated carbocycles. The first-order valence-electron chi connectivity index (χ1n) is 19.2. The number of ether oxygens (including phenoxy) is 3. The maximum absolute atomic E-state index is 16.2. The average Bonchev–Trinajstić information content (AvgIpc) is 3.46. The predicted molar refractivity (Wildman–Crippen MR) is 217 cm³/mol. The van der Waals surface area contributed by atoms with E-state index in [0.29, 0.717) is 12.8 Å². The number of carboxylic acid groups (broad SMARTS) is 2. The van der Waals surface area contributed by atoms with Crippen molar-refractivity contribution < 1.29 is 57.2 Å². The second-order valence-corrected chi connectivity index (χ2v) is 16.7. The summed E-state index contributed by atoms with van der Waals surface area (Å²) >= 11 is 12.5. The third-order valence-corrected chi connectivity index (χ3v) is 11.1. The SMILES string of the molecule is CC[C@]1(c2ccc(Cl)cc2F)C(CC(C)(C)C)N[C@@H](C(=O)Nc2ccc(C(=O)OC(C)OC(=O)CCC[C@@H](CCC(=O)O)C(=O)O)cc2OC)[C@@H]1c1cccc(Cl)c1F. The fraction of sp³-hybridized carbons (Fsp3) is 0.465. The van der Waals surface area contributed by atoms with Gasteiger partial charge in [0.15, 0.2) is 0 Å². The molecule has 1 aliphatic rings. The Hall–Kier alpha value is -4.79. The number of halogens is 4. The van der Waals surface area contributed by atoms with E-state index in [1.54, 1.807) is 24.3 Å². The maximum atomic E-state index is 16.2. The van der Waals surface area contributed by atoms with E-state index in [0.717, 1.165) is 0 Å². The Labute approximate surface area is 351 Å². The van der Waals surface area contributed by atoms with E-state index in [1.807, 2.05) is 27.7 Å². The molecule has 59 heavy (non-hydrogen) atoms. The molecule has 1 amide bonds. The number of amides is 1. The molecule has 6 atom stereocenters. The second-order valence-electron chi connectivity index (χ2n) is 15.8. The summed E-state index contributed by atoms with van der Waals surface area (Å²) in [7, 11) is 1.32. The average molecular weight is 864 g/mol. The zero-order valence-electron chi connectivity index (χ0n) is 33.7. The van der Waals surface area contributed by atoms with E-state index >= 15 is 8.78 Å². The summed E-state index contributed by atoms with van der Waals surface area (Å²) in [4.78, 5) is 62.2. The number of nitrogens with one attached hydrogen (secondary N) is 2. The van der Waals surface area contributed by atoms with Gasteiger partial charge in [0.25, 0.3) is 0 Å². The number of anilines is 1. The van der Waals surface area contributed by atoms with Crippen LogP contribution in [0.1, 0.15) is 107 Å². The lowest BCUT2D eigenvalue weighted by molar-refractivity contribution is -0.166. The van der Waals surface area contributed by atoms with Crippen molar-refractivity contribution in [2.75, 3.05) is 12.4 Å². The number of hydrogen-bond acceptors (Lipinski definition) is 9. The normalized spacial score (nSPS) is 20.0. The highest BCUT2D eigenvalue weighted by Gasteiger charge is 2.59. The molecule has 2 unspecified atom stereocenters. The van der Waals surface area contributed by atoms with Gasteiger partial charge >= 0.3 is 23.9 Å². The summed E-state index contributed by atoms with van der Waals surface area (Å²) in [6.07, 6.45) is -0.976. The van der Waals surface area contributed by atoms with Gasteiger partial charge in [-0.05, 0) is 85.0 Å². The Morgan fingerprint density at radius 3 is 2.29 bits per heavy atom. The quantitative estimate of drug-likeness (QED) is 0.0709. The number of carbonyl (C=O) groups is 5. The lowest BCUT2D eigenvalue weighted by Crippen LogP contribution is -2.45. The molecule has 0 aromatic heterocycles. The number of methoxy groups -OCH3 is 1. The van der Waals surface area contributed by atoms with Crippen LogP contribution < -0.4 is 15.4 Å². The van der Waals surface area contributed by atoms with Crippen LogP contribution in [0.4, 0.5) is 14.5 Å². The van der Waals surface area contributed by atoms with Crippen LogP contribution in [0.25, 0.3) is 0 Å². The minimum Gasteiger partial charge on any atom is -0.495 e. The van der Waals surface area contributed by atoms with Gasteiger partial charge in [-0.1, -0.05) is 69.1 Å². The minimum absolute atomic E-state index is 0.0169. The molecule has 0 bridgehead atoms. The van der Waals surface area contributed by atoms with Gasteiger partial charge in [0, 0.05) is 42.2 Å². The molecule has 320 valence electrons. The third kappa shape index (κ3) is 11.5. The summed E-state index contributed by atoms with van der Waals surface area (Å²) in [6.45, 7) is 9.25. The van der Waals surface area contributed by atoms with Crippen LogP contribution in [-0.4, -0.2) is 65.5 Å². The van der Waals surface area contributed by atoms with Crippen molar-refractivity contribution >= 4 is 58.7 Å². The lowest BCUT2D eigenvalue weighted by atomic mass is 9.60. The van der Waals surface area contributed by atoms with Crippen LogP contribution in [0.3, 0.4) is 0 Å². The fourth-order valence-electron chi connectivity index (χ4n) is 7.95. The zero-order valence-corrected chi connectivity index (χ0v) is 35.2. The largest absolute Gasteiger partial charge is 0.495 e. The van der Waals surface area contributed by atoms with Crippen LogP contribution in [0.5, 0.6) is 5.75 Å². The third-order valence-electron chi connectivity index (χ3n) is 10.6. The van der Waals surface area contributed by atoms with E-state index in [1.165, 1.54) is 44.4 Å². The minimum atomic E-state index is -1.33. The van der Waals surface area contributed by atoms with Crippen molar-refractivity contribution in [1.82, 2.24) is 5.32 Å². The molecule has 3 aromatic rings. The van der Waals surface area contributed by atoms with Crippen molar-refractivity contribution in [3.05, 3.63) is 93.0 Å². The van der Waals surface area contributed by atoms with Crippen molar-refractivity contribution in [3.63, 3.8) is 0 Å². The topological polar surface area (TPSA) is 178 Å². The van der Waals surface area contributed by atoms with Gasteiger partial charge in [-0.15, -0.1) is 0 Å². The Bertz CT molecular complexity index is 2040. The number of carbonyl (C=O) groups excluding carboxylic acids is 3. The molecule has 1 saturated heterocycles. The van der Waals surface area contributed by atoms with Gasteiger partial charge < -0.3 is 35.1 Å². The first-order valence-corrected chi connectivity index (χ1v) is 20.0. The molecular formula is C43H50Cl2F2N2O10. The summed E-state index contributed by atoms with van der Waals surface area (Å²) in [6, 6.07) is 11.3. The molecule has 12 nitrogen and oxygen atoms in total. The molecule has 0 aliphatic carbocycles. The molecule has 4 rings (SSSR count). The van der Waals surface area contributed by atoms with Crippen LogP contribution in [0.15, 0.2) is 54.6 Å². The van der Waals surface area contributed by atoms with E-state index in [9.17, 15) is 29.1 Å². The Balaban J connectivity index is 1.57. The highest BCUT2D eigenvalue weighted by molar-refractivity contribution is 6.31. The number of aliphatic carboxylic acids is 2. The molecule has 16 heteroatoms. The van der Waals surface area contributed by atoms with E-state index in [-0.39, 0.29) is 75.7 Å². The van der Waals surface area contributed by atoms with E-state index in [4.69, 9.17) is 42.5 Å². The summed E-state index contributed by atoms with van der Waals surface area (Å²) < 4.78 is 48.3. The number of esters is 2. The zero-order chi connectivity index (χ0) is 43.8. The summed E-state index contributed by atoms with van der Waals surface area (Å²) in [5.41, 5.74) is -0.956. The molecule has 1 aliphatic heterocycles.